The number of hydrogen-bond donors (Lipinski definition) is 1. The molecule has 0 bridgehead atoms. The van der Waals surface area contributed by atoms with E-state index in [0.717, 1.165) is 22.4 Å². The van der Waals surface area contributed by atoms with Gasteiger partial charge in [0.05, 0.1) is 27.0 Å². The predicted molar refractivity (Wildman–Crippen MR) is 114 cm³/mol. The van der Waals surface area contributed by atoms with Crippen LogP contribution in [0, 0.1) is 0 Å². The summed E-state index contributed by atoms with van der Waals surface area (Å²) in [7, 11) is 4.71. The minimum atomic E-state index is -0.0471. The van der Waals surface area contributed by atoms with Crippen LogP contribution in [-0.2, 0) is 17.8 Å². The average Bonchev–Trinajstić information content (AvgIpc) is 2.81. The normalized spacial score (nSPS) is 10.4. The van der Waals surface area contributed by atoms with E-state index < -0.39 is 0 Å². The first kappa shape index (κ1) is 21.1. The first-order valence-electron chi connectivity index (χ1n) is 9.56. The van der Waals surface area contributed by atoms with Gasteiger partial charge in [-0.05, 0) is 47.9 Å². The fourth-order valence-electron chi connectivity index (χ4n) is 3.16. The van der Waals surface area contributed by atoms with Crippen molar-refractivity contribution in [2.24, 2.45) is 0 Å². The van der Waals surface area contributed by atoms with Crippen LogP contribution in [0.5, 0.6) is 17.2 Å². The largest absolute Gasteiger partial charge is 0.493 e. The van der Waals surface area contributed by atoms with Gasteiger partial charge < -0.3 is 19.5 Å². The van der Waals surface area contributed by atoms with Crippen LogP contribution in [-0.4, -0.2) is 37.2 Å². The number of ether oxygens (including phenoxy) is 3. The topological polar surface area (TPSA) is 82.6 Å². The van der Waals surface area contributed by atoms with Crippen molar-refractivity contribution in [2.45, 2.75) is 19.4 Å². The maximum Gasteiger partial charge on any atom is 0.220 e. The van der Waals surface area contributed by atoms with Crippen LogP contribution < -0.4 is 19.5 Å². The lowest BCUT2D eigenvalue weighted by Gasteiger charge is -2.15. The second kappa shape index (κ2) is 10.2. The molecule has 0 radical (unpaired) electrons. The molecule has 0 saturated heterocycles. The number of carbonyl (C=O) groups excluding carboxylic acids is 1. The molecule has 3 rings (SSSR count). The summed E-state index contributed by atoms with van der Waals surface area (Å²) in [6.45, 7) is 0.433. The summed E-state index contributed by atoms with van der Waals surface area (Å²) in [4.78, 5) is 20.8. The zero-order chi connectivity index (χ0) is 21.3. The molecule has 7 nitrogen and oxygen atoms in total. The second-order valence-corrected chi connectivity index (χ2v) is 6.56. The number of aryl methyl sites for hydroxylation is 1. The number of carbonyl (C=O) groups is 1. The van der Waals surface area contributed by atoms with Gasteiger partial charge in [-0.1, -0.05) is 6.07 Å². The van der Waals surface area contributed by atoms with Crippen LogP contribution in [0.3, 0.4) is 0 Å². The molecule has 3 aromatic rings. The molecule has 1 aromatic carbocycles. The van der Waals surface area contributed by atoms with Gasteiger partial charge in [-0.2, -0.15) is 0 Å². The minimum absolute atomic E-state index is 0.0471. The van der Waals surface area contributed by atoms with Crippen molar-refractivity contribution in [2.75, 3.05) is 21.3 Å². The summed E-state index contributed by atoms with van der Waals surface area (Å²) < 4.78 is 16.2. The molecule has 0 spiro atoms. The van der Waals surface area contributed by atoms with Gasteiger partial charge in [-0.15, -0.1) is 0 Å². The van der Waals surface area contributed by atoms with Crippen molar-refractivity contribution >= 4 is 5.91 Å². The maximum atomic E-state index is 12.4. The molecule has 0 aliphatic rings. The molecule has 0 saturated carbocycles. The third kappa shape index (κ3) is 5.05. The Bertz CT molecular complexity index is 993. The van der Waals surface area contributed by atoms with E-state index in [1.807, 2.05) is 36.4 Å². The number of methoxy groups -OCH3 is 3. The number of nitrogens with one attached hydrogen (secondary N) is 1. The Morgan fingerprint density at radius 1 is 0.933 bits per heavy atom. The van der Waals surface area contributed by atoms with Gasteiger partial charge in [-0.25, -0.2) is 0 Å². The number of amides is 1. The minimum Gasteiger partial charge on any atom is -0.493 e. The van der Waals surface area contributed by atoms with Crippen molar-refractivity contribution in [1.29, 1.82) is 0 Å². The number of rotatable bonds is 9. The molecule has 1 amide bonds. The highest BCUT2D eigenvalue weighted by Crippen LogP contribution is 2.40. The summed E-state index contributed by atoms with van der Waals surface area (Å²) >= 11 is 0. The highest BCUT2D eigenvalue weighted by atomic mass is 16.5. The van der Waals surface area contributed by atoms with E-state index in [2.05, 4.69) is 15.3 Å². The standard InChI is InChI=1S/C23H25N3O4/c1-28-20-6-4-18(22(29-2)23(20)30-3)5-7-21(27)26-15-16-8-13-25-19(14-16)17-9-11-24-12-10-17/h4,6,8-14H,5,7,15H2,1-3H3,(H,26,27). The lowest BCUT2D eigenvalue weighted by Crippen LogP contribution is -2.23. The molecule has 2 aromatic heterocycles. The fraction of sp³-hybridized carbons (Fsp3) is 0.261. The third-order valence-electron chi connectivity index (χ3n) is 4.70. The van der Waals surface area contributed by atoms with Crippen LogP contribution in [0.1, 0.15) is 17.5 Å². The van der Waals surface area contributed by atoms with E-state index in [-0.39, 0.29) is 5.91 Å². The molecule has 7 heteroatoms. The Balaban J connectivity index is 1.60. The molecular formula is C23H25N3O4. The molecule has 1 N–H and O–H groups in total. The lowest BCUT2D eigenvalue weighted by atomic mass is 10.1. The molecule has 0 fully saturated rings. The SMILES string of the molecule is COc1ccc(CCC(=O)NCc2ccnc(-c3ccncc3)c2)c(OC)c1OC. The van der Waals surface area contributed by atoms with Gasteiger partial charge in [0.25, 0.3) is 0 Å². The molecule has 0 unspecified atom stereocenters. The van der Waals surface area contributed by atoms with Gasteiger partial charge in [-0.3, -0.25) is 14.8 Å². The zero-order valence-electron chi connectivity index (χ0n) is 17.3. The van der Waals surface area contributed by atoms with E-state index in [9.17, 15) is 4.79 Å². The Morgan fingerprint density at radius 3 is 2.40 bits per heavy atom. The Kier molecular flexibility index (Phi) is 7.21. The fourth-order valence-corrected chi connectivity index (χ4v) is 3.16. The van der Waals surface area contributed by atoms with Crippen LogP contribution in [0.4, 0.5) is 0 Å². The predicted octanol–water partition coefficient (Wildman–Crippen LogP) is 3.42. The third-order valence-corrected chi connectivity index (χ3v) is 4.70. The summed E-state index contributed by atoms with van der Waals surface area (Å²) in [6, 6.07) is 11.4. The number of hydrogen-bond acceptors (Lipinski definition) is 6. The highest BCUT2D eigenvalue weighted by Gasteiger charge is 2.16. The van der Waals surface area contributed by atoms with E-state index in [1.165, 1.54) is 0 Å². The Morgan fingerprint density at radius 2 is 1.70 bits per heavy atom. The molecular weight excluding hydrogens is 382 g/mol. The number of pyridine rings is 2. The quantitative estimate of drug-likeness (QED) is 0.585. The summed E-state index contributed by atoms with van der Waals surface area (Å²) in [5.74, 6) is 1.65. The van der Waals surface area contributed by atoms with Crippen molar-refractivity contribution in [3.8, 4) is 28.5 Å². The molecule has 0 aliphatic heterocycles. The highest BCUT2D eigenvalue weighted by molar-refractivity contribution is 5.76. The molecule has 30 heavy (non-hydrogen) atoms. The van der Waals surface area contributed by atoms with E-state index in [4.69, 9.17) is 14.2 Å². The van der Waals surface area contributed by atoms with E-state index >= 15 is 0 Å². The van der Waals surface area contributed by atoms with Crippen LogP contribution in [0.2, 0.25) is 0 Å². The first-order valence-corrected chi connectivity index (χ1v) is 9.56. The summed E-state index contributed by atoms with van der Waals surface area (Å²) in [6.07, 6.45) is 6.05. The van der Waals surface area contributed by atoms with E-state index in [1.54, 1.807) is 39.9 Å². The molecule has 2 heterocycles. The van der Waals surface area contributed by atoms with Gasteiger partial charge in [0, 0.05) is 37.1 Å². The van der Waals surface area contributed by atoms with Crippen LogP contribution in [0.15, 0.2) is 55.0 Å². The molecule has 156 valence electrons. The zero-order valence-corrected chi connectivity index (χ0v) is 17.3. The van der Waals surface area contributed by atoms with Gasteiger partial charge in [0.2, 0.25) is 11.7 Å². The van der Waals surface area contributed by atoms with Crippen molar-refractivity contribution in [3.63, 3.8) is 0 Å². The van der Waals surface area contributed by atoms with Crippen LogP contribution in [0.25, 0.3) is 11.3 Å². The summed E-state index contributed by atoms with van der Waals surface area (Å²) in [5.41, 5.74) is 3.70. The Hall–Kier alpha value is -3.61. The van der Waals surface area contributed by atoms with E-state index in [0.29, 0.717) is 36.6 Å². The average molecular weight is 407 g/mol. The van der Waals surface area contributed by atoms with Crippen molar-refractivity contribution < 1.29 is 19.0 Å². The smallest absolute Gasteiger partial charge is 0.220 e. The number of aromatic nitrogens is 2. The first-order chi connectivity index (χ1) is 14.7. The summed E-state index contributed by atoms with van der Waals surface area (Å²) in [5, 5.41) is 2.96. The van der Waals surface area contributed by atoms with Gasteiger partial charge >= 0.3 is 0 Å². The molecule has 0 aliphatic carbocycles. The van der Waals surface area contributed by atoms with Gasteiger partial charge in [0.15, 0.2) is 11.5 Å². The van der Waals surface area contributed by atoms with Crippen LogP contribution >= 0.6 is 0 Å². The van der Waals surface area contributed by atoms with Crippen molar-refractivity contribution in [3.05, 3.63) is 66.1 Å². The number of nitrogens with zero attached hydrogens (tertiary/aromatic N) is 2. The van der Waals surface area contributed by atoms with Crippen molar-refractivity contribution in [1.82, 2.24) is 15.3 Å². The Labute approximate surface area is 176 Å². The lowest BCUT2D eigenvalue weighted by molar-refractivity contribution is -0.121. The number of benzene rings is 1. The maximum absolute atomic E-state index is 12.4. The molecule has 0 atom stereocenters. The van der Waals surface area contributed by atoms with Gasteiger partial charge in [0.1, 0.15) is 0 Å². The monoisotopic (exact) mass is 407 g/mol. The second-order valence-electron chi connectivity index (χ2n) is 6.56.